The Morgan fingerprint density at radius 3 is 2.16 bits per heavy atom. The molecule has 0 aliphatic heterocycles. The zero-order chi connectivity index (χ0) is 17.3. The lowest BCUT2D eigenvalue weighted by Crippen LogP contribution is -2.41. The third kappa shape index (κ3) is 1.95. The van der Waals surface area contributed by atoms with Crippen LogP contribution in [0.5, 0.6) is 5.75 Å². The predicted octanol–water partition coefficient (Wildman–Crippen LogP) is 6.34. The highest BCUT2D eigenvalue weighted by Gasteiger charge is 2.60. The molecule has 130 valence electrons. The summed E-state index contributed by atoms with van der Waals surface area (Å²) in [6.45, 7) is 2.30. The van der Waals surface area contributed by atoms with Crippen molar-refractivity contribution >= 4 is 31.9 Å². The van der Waals surface area contributed by atoms with E-state index in [0.717, 1.165) is 5.75 Å². The second-order valence-corrected chi connectivity index (χ2v) is 9.63. The minimum Gasteiger partial charge on any atom is -0.496 e. The Morgan fingerprint density at radius 1 is 0.920 bits per heavy atom. The molecule has 0 amide bonds. The van der Waals surface area contributed by atoms with Crippen molar-refractivity contribution in [1.82, 2.24) is 0 Å². The molecule has 3 aliphatic carbocycles. The number of benzene rings is 2. The normalized spacial score (nSPS) is 29.0. The second-order valence-electron chi connectivity index (χ2n) is 7.92. The molecule has 0 saturated heterocycles. The topological polar surface area (TPSA) is 9.23 Å². The molecular weight excluding hydrogens is 440 g/mol. The summed E-state index contributed by atoms with van der Waals surface area (Å²) < 4.78 is 8.46. The summed E-state index contributed by atoms with van der Waals surface area (Å²) >= 11 is 7.70. The van der Waals surface area contributed by atoms with Gasteiger partial charge in [0.05, 0.1) is 7.11 Å². The third-order valence-electron chi connectivity index (χ3n) is 7.02. The lowest BCUT2D eigenvalue weighted by molar-refractivity contribution is 0.172. The van der Waals surface area contributed by atoms with Crippen LogP contribution in [0.2, 0.25) is 0 Å². The Labute approximate surface area is 166 Å². The van der Waals surface area contributed by atoms with Crippen LogP contribution in [0.3, 0.4) is 0 Å². The first-order valence-corrected chi connectivity index (χ1v) is 10.8. The third-order valence-corrected chi connectivity index (χ3v) is 8.51. The van der Waals surface area contributed by atoms with Crippen LogP contribution in [0.15, 0.2) is 33.2 Å². The molecule has 1 fully saturated rings. The summed E-state index contributed by atoms with van der Waals surface area (Å²) in [6.07, 6.45) is 6.38. The maximum atomic E-state index is 5.92. The van der Waals surface area contributed by atoms with Crippen molar-refractivity contribution in [3.05, 3.63) is 61.0 Å². The maximum absolute atomic E-state index is 5.92. The molecule has 1 nitrogen and oxygen atoms in total. The van der Waals surface area contributed by atoms with Gasteiger partial charge in [-0.25, -0.2) is 0 Å². The Hall–Kier alpha value is -0.800. The van der Waals surface area contributed by atoms with Crippen molar-refractivity contribution in [2.75, 3.05) is 7.11 Å². The Kier molecular flexibility index (Phi) is 3.67. The molecule has 1 unspecified atom stereocenters. The van der Waals surface area contributed by atoms with Gasteiger partial charge in [-0.15, -0.1) is 0 Å². The average Bonchev–Trinajstić information content (AvgIpc) is 3.15. The largest absolute Gasteiger partial charge is 0.496 e. The van der Waals surface area contributed by atoms with Crippen molar-refractivity contribution < 1.29 is 4.74 Å². The fourth-order valence-corrected chi connectivity index (χ4v) is 7.28. The highest BCUT2D eigenvalue weighted by Crippen LogP contribution is 2.66. The highest BCUT2D eigenvalue weighted by atomic mass is 79.9. The first-order chi connectivity index (χ1) is 12.1. The molecule has 2 aromatic carbocycles. The van der Waals surface area contributed by atoms with Crippen LogP contribution < -0.4 is 4.74 Å². The van der Waals surface area contributed by atoms with Crippen LogP contribution >= 0.6 is 31.9 Å². The number of rotatable bonds is 1. The summed E-state index contributed by atoms with van der Waals surface area (Å²) in [7, 11) is 1.83. The number of ether oxygens (including phenoxy) is 1. The van der Waals surface area contributed by atoms with Gasteiger partial charge >= 0.3 is 0 Å². The first kappa shape index (κ1) is 16.4. The van der Waals surface area contributed by atoms with Crippen LogP contribution in [0.1, 0.15) is 47.1 Å². The van der Waals surface area contributed by atoms with E-state index in [9.17, 15) is 0 Å². The number of hydrogen-bond acceptors (Lipinski definition) is 1. The van der Waals surface area contributed by atoms with Crippen LogP contribution in [0.25, 0.3) is 0 Å². The van der Waals surface area contributed by atoms with Crippen molar-refractivity contribution in [3.63, 3.8) is 0 Å². The van der Waals surface area contributed by atoms with E-state index >= 15 is 0 Å². The van der Waals surface area contributed by atoms with Gasteiger partial charge in [0.15, 0.2) is 0 Å². The van der Waals surface area contributed by atoms with E-state index in [2.05, 4.69) is 63.0 Å². The molecule has 3 heteroatoms. The first-order valence-electron chi connectivity index (χ1n) is 9.23. The minimum atomic E-state index is 0.145. The van der Waals surface area contributed by atoms with Crippen LogP contribution in [-0.2, 0) is 18.3 Å². The second kappa shape index (κ2) is 5.60. The average molecular weight is 462 g/mol. The van der Waals surface area contributed by atoms with Gasteiger partial charge in [0.25, 0.3) is 0 Å². The quantitative estimate of drug-likeness (QED) is 0.481. The van der Waals surface area contributed by atoms with Gasteiger partial charge in [0.1, 0.15) is 5.75 Å². The molecule has 0 heterocycles. The Bertz CT molecular complexity index is 880. The van der Waals surface area contributed by atoms with E-state index in [1.807, 2.05) is 7.11 Å². The summed E-state index contributed by atoms with van der Waals surface area (Å²) in [6, 6.07) is 8.88. The smallest absolute Gasteiger partial charge is 0.123 e. The van der Waals surface area contributed by atoms with Gasteiger partial charge in [-0.3, -0.25) is 0 Å². The lowest BCUT2D eigenvalue weighted by Gasteiger charge is -2.44. The fraction of sp³-hybridized carbons (Fsp3) is 0.455. The van der Waals surface area contributed by atoms with Gasteiger partial charge in [0, 0.05) is 19.9 Å². The molecule has 25 heavy (non-hydrogen) atoms. The van der Waals surface area contributed by atoms with Gasteiger partial charge in [-0.1, -0.05) is 44.3 Å². The SMILES string of the molecule is COc1ccc(Br)c2c1C13c4c(C)ccc(Br)c4C[C@@H]1CCC[C@H]3C2. The van der Waals surface area contributed by atoms with Gasteiger partial charge in [-0.2, -0.15) is 0 Å². The van der Waals surface area contributed by atoms with E-state index in [1.165, 1.54) is 57.7 Å². The summed E-state index contributed by atoms with van der Waals surface area (Å²) in [5, 5.41) is 0. The van der Waals surface area contributed by atoms with Crippen molar-refractivity contribution in [2.24, 2.45) is 11.8 Å². The molecule has 5 rings (SSSR count). The standard InChI is InChI=1S/C22H22Br2O/c1-12-6-7-17(23)15-10-13-4-3-5-14-11-16-18(24)8-9-19(25-2)21(16)22(13,14)20(12)15/h6-9,13-14H,3-5,10-11H2,1-2H3/t13-,14-,22?/m0/s1. The van der Waals surface area contributed by atoms with Crippen LogP contribution in [-0.4, -0.2) is 7.11 Å². The highest BCUT2D eigenvalue weighted by molar-refractivity contribution is 9.10. The van der Waals surface area contributed by atoms with Crippen molar-refractivity contribution in [3.8, 4) is 5.75 Å². The molecular formula is C22H22Br2O. The Morgan fingerprint density at radius 2 is 1.52 bits per heavy atom. The van der Waals surface area contributed by atoms with Gasteiger partial charge < -0.3 is 4.74 Å². The van der Waals surface area contributed by atoms with Crippen LogP contribution in [0, 0.1) is 18.8 Å². The maximum Gasteiger partial charge on any atom is 0.123 e. The number of halogens is 2. The molecule has 0 aromatic heterocycles. The minimum absolute atomic E-state index is 0.145. The summed E-state index contributed by atoms with van der Waals surface area (Å²) in [5.41, 5.74) is 7.72. The van der Waals surface area contributed by atoms with Gasteiger partial charge in [-0.05, 0) is 84.9 Å². The summed E-state index contributed by atoms with van der Waals surface area (Å²) in [4.78, 5) is 0. The molecule has 3 atom stereocenters. The molecule has 1 spiro atoms. The summed E-state index contributed by atoms with van der Waals surface area (Å²) in [5.74, 6) is 2.48. The predicted molar refractivity (Wildman–Crippen MR) is 109 cm³/mol. The molecule has 0 N–H and O–H groups in total. The Balaban J connectivity index is 1.91. The monoisotopic (exact) mass is 460 g/mol. The number of hydrogen-bond donors (Lipinski definition) is 0. The zero-order valence-electron chi connectivity index (χ0n) is 14.7. The van der Waals surface area contributed by atoms with Crippen molar-refractivity contribution in [1.29, 1.82) is 0 Å². The van der Waals surface area contributed by atoms with Crippen molar-refractivity contribution in [2.45, 2.75) is 44.4 Å². The van der Waals surface area contributed by atoms with E-state index in [4.69, 9.17) is 4.74 Å². The molecule has 3 aliphatic rings. The van der Waals surface area contributed by atoms with E-state index in [-0.39, 0.29) is 5.41 Å². The van der Waals surface area contributed by atoms with E-state index in [0.29, 0.717) is 11.8 Å². The lowest BCUT2D eigenvalue weighted by atomic mass is 9.59. The number of methoxy groups -OCH3 is 1. The molecule has 0 bridgehead atoms. The van der Waals surface area contributed by atoms with E-state index < -0.39 is 0 Å². The fourth-order valence-electron chi connectivity index (χ4n) is 6.30. The number of fused-ring (bicyclic) bond motifs is 2. The van der Waals surface area contributed by atoms with E-state index in [1.54, 1.807) is 11.1 Å². The van der Waals surface area contributed by atoms with Crippen LogP contribution in [0.4, 0.5) is 0 Å². The van der Waals surface area contributed by atoms with Gasteiger partial charge in [0.2, 0.25) is 0 Å². The number of aryl methyl sites for hydroxylation is 1. The molecule has 1 saturated carbocycles. The zero-order valence-corrected chi connectivity index (χ0v) is 17.8. The molecule has 2 aromatic rings. The molecule has 0 radical (unpaired) electrons.